The van der Waals surface area contributed by atoms with Crippen LogP contribution in [-0.4, -0.2) is 46.9 Å². The van der Waals surface area contributed by atoms with Crippen molar-refractivity contribution in [3.8, 4) is 0 Å². The molecule has 6 nitrogen and oxygen atoms in total. The minimum Gasteiger partial charge on any atom is -0.376 e. The molecular weight excluding hydrogens is 312 g/mol. The number of thiophene rings is 1. The summed E-state index contributed by atoms with van der Waals surface area (Å²) in [6, 6.07) is 1.95. The van der Waals surface area contributed by atoms with E-state index in [1.165, 1.54) is 11.3 Å². The van der Waals surface area contributed by atoms with E-state index in [9.17, 15) is 8.42 Å². The second-order valence-electron chi connectivity index (χ2n) is 5.16. The fourth-order valence-corrected chi connectivity index (χ4v) is 4.39. The Morgan fingerprint density at radius 2 is 2.24 bits per heavy atom. The molecule has 0 bridgehead atoms. The van der Waals surface area contributed by atoms with E-state index >= 15 is 0 Å². The van der Waals surface area contributed by atoms with Gasteiger partial charge >= 0.3 is 0 Å². The van der Waals surface area contributed by atoms with Crippen molar-refractivity contribution in [2.24, 2.45) is 0 Å². The molecule has 1 aliphatic heterocycles. The Kier molecular flexibility index (Phi) is 6.15. The summed E-state index contributed by atoms with van der Waals surface area (Å²) < 4.78 is 38.0. The number of hydrogen-bond donors (Lipinski definition) is 2. The maximum Gasteiger partial charge on any atom is 0.241 e. The second kappa shape index (κ2) is 7.66. The van der Waals surface area contributed by atoms with Gasteiger partial charge in [-0.1, -0.05) is 13.8 Å². The van der Waals surface area contributed by atoms with Gasteiger partial charge in [-0.05, 0) is 11.4 Å². The van der Waals surface area contributed by atoms with Crippen LogP contribution in [0.25, 0.3) is 0 Å². The quantitative estimate of drug-likeness (QED) is 0.776. The van der Waals surface area contributed by atoms with Gasteiger partial charge in [0.05, 0.1) is 30.8 Å². The molecule has 1 fully saturated rings. The highest BCUT2D eigenvalue weighted by Gasteiger charge is 2.22. The van der Waals surface area contributed by atoms with Crippen molar-refractivity contribution >= 4 is 21.4 Å². The molecule has 1 unspecified atom stereocenters. The molecule has 1 saturated heterocycles. The average molecular weight is 334 g/mol. The van der Waals surface area contributed by atoms with E-state index in [0.29, 0.717) is 37.3 Å². The van der Waals surface area contributed by atoms with Gasteiger partial charge in [0, 0.05) is 24.0 Å². The largest absolute Gasteiger partial charge is 0.376 e. The lowest BCUT2D eigenvalue weighted by molar-refractivity contribution is -0.0846. The molecule has 21 heavy (non-hydrogen) atoms. The van der Waals surface area contributed by atoms with Gasteiger partial charge < -0.3 is 14.8 Å². The van der Waals surface area contributed by atoms with Crippen LogP contribution in [0.5, 0.6) is 0 Å². The molecule has 0 aliphatic carbocycles. The van der Waals surface area contributed by atoms with Crippen molar-refractivity contribution in [1.82, 2.24) is 10.0 Å². The first kappa shape index (κ1) is 16.9. The first-order valence-electron chi connectivity index (χ1n) is 6.98. The molecule has 1 aromatic heterocycles. The molecule has 0 radical (unpaired) electrons. The number of sulfonamides is 1. The summed E-state index contributed by atoms with van der Waals surface area (Å²) >= 11 is 1.44. The van der Waals surface area contributed by atoms with Gasteiger partial charge in [0.2, 0.25) is 10.0 Å². The molecule has 2 rings (SSSR count). The monoisotopic (exact) mass is 334 g/mol. The average Bonchev–Trinajstić information content (AvgIpc) is 2.93. The summed E-state index contributed by atoms with van der Waals surface area (Å²) in [5, 5.41) is 5.04. The molecule has 1 atom stereocenters. The first-order chi connectivity index (χ1) is 9.99. The number of nitrogens with one attached hydrogen (secondary N) is 2. The van der Waals surface area contributed by atoms with Gasteiger partial charge in [0.1, 0.15) is 0 Å². The molecule has 1 aliphatic rings. The normalized spacial score (nSPS) is 20.0. The molecule has 8 heteroatoms. The zero-order valence-corrected chi connectivity index (χ0v) is 13.9. The molecule has 2 heterocycles. The van der Waals surface area contributed by atoms with E-state index < -0.39 is 10.0 Å². The summed E-state index contributed by atoms with van der Waals surface area (Å²) in [5.74, 6) is 0. The van der Waals surface area contributed by atoms with E-state index in [1.807, 2.05) is 13.8 Å². The van der Waals surface area contributed by atoms with Crippen molar-refractivity contribution < 1.29 is 17.9 Å². The lowest BCUT2D eigenvalue weighted by Crippen LogP contribution is -2.39. The number of ether oxygens (including phenoxy) is 2. The number of hydrogen-bond acceptors (Lipinski definition) is 6. The molecule has 0 amide bonds. The van der Waals surface area contributed by atoms with Crippen LogP contribution >= 0.6 is 11.3 Å². The highest BCUT2D eigenvalue weighted by Crippen LogP contribution is 2.22. The smallest absolute Gasteiger partial charge is 0.241 e. The predicted octanol–water partition coefficient (Wildman–Crippen LogP) is 0.940. The molecule has 120 valence electrons. The minimum atomic E-state index is -3.51. The lowest BCUT2D eigenvalue weighted by atomic mass is 10.3. The third-order valence-corrected chi connectivity index (χ3v) is 5.61. The summed E-state index contributed by atoms with van der Waals surface area (Å²) in [5.41, 5.74) is 0. The van der Waals surface area contributed by atoms with Gasteiger partial charge in [0.15, 0.2) is 0 Å². The fourth-order valence-electron chi connectivity index (χ4n) is 1.93. The Morgan fingerprint density at radius 3 is 2.90 bits per heavy atom. The Morgan fingerprint density at radius 1 is 1.43 bits per heavy atom. The third-order valence-electron chi connectivity index (χ3n) is 3.05. The fraction of sp³-hybridized carbons (Fsp3) is 0.692. The zero-order valence-electron chi connectivity index (χ0n) is 12.3. The van der Waals surface area contributed by atoms with Crippen LogP contribution in [-0.2, 0) is 26.0 Å². The van der Waals surface area contributed by atoms with Gasteiger partial charge in [0.25, 0.3) is 0 Å². The van der Waals surface area contributed by atoms with Gasteiger partial charge in [-0.15, -0.1) is 11.3 Å². The second-order valence-corrected chi connectivity index (χ2v) is 7.90. The lowest BCUT2D eigenvalue weighted by Gasteiger charge is -2.23. The summed E-state index contributed by atoms with van der Waals surface area (Å²) in [6.07, 6.45) is -0.218. The van der Waals surface area contributed by atoms with Crippen LogP contribution < -0.4 is 10.0 Å². The minimum absolute atomic E-state index is 0.218. The van der Waals surface area contributed by atoms with E-state index in [0.717, 1.165) is 4.88 Å². The zero-order chi connectivity index (χ0) is 15.3. The molecule has 0 saturated carbocycles. The maximum atomic E-state index is 12.4. The standard InChI is InChI=1S/C13H22N2O4S2/c1-10(2)14-8-12-13(3-6-20-12)21(16,17)15-7-11-9-18-4-5-19-11/h3,6,10-11,14-15H,4-5,7-9H2,1-2H3. The van der Waals surface area contributed by atoms with Crippen LogP contribution in [0.2, 0.25) is 0 Å². The van der Waals surface area contributed by atoms with E-state index in [1.54, 1.807) is 11.4 Å². The van der Waals surface area contributed by atoms with Gasteiger partial charge in [-0.3, -0.25) is 0 Å². The van der Waals surface area contributed by atoms with Crippen molar-refractivity contribution in [1.29, 1.82) is 0 Å². The Hall–Kier alpha value is -0.510. The van der Waals surface area contributed by atoms with Crippen LogP contribution in [0.15, 0.2) is 16.3 Å². The molecule has 0 spiro atoms. The topological polar surface area (TPSA) is 76.7 Å². The van der Waals surface area contributed by atoms with Crippen LogP contribution in [0.3, 0.4) is 0 Å². The molecular formula is C13H22N2O4S2. The van der Waals surface area contributed by atoms with Crippen molar-refractivity contribution in [2.45, 2.75) is 37.4 Å². The Balaban J connectivity index is 1.96. The van der Waals surface area contributed by atoms with E-state index in [4.69, 9.17) is 9.47 Å². The SMILES string of the molecule is CC(C)NCc1sccc1S(=O)(=O)NCC1COCCO1. The van der Waals surface area contributed by atoms with Gasteiger partial charge in [-0.2, -0.15) is 0 Å². The van der Waals surface area contributed by atoms with E-state index in [2.05, 4.69) is 10.0 Å². The van der Waals surface area contributed by atoms with Gasteiger partial charge in [-0.25, -0.2) is 13.1 Å². The van der Waals surface area contributed by atoms with Crippen molar-refractivity contribution in [3.05, 3.63) is 16.3 Å². The number of rotatable bonds is 7. The summed E-state index contributed by atoms with van der Waals surface area (Å²) in [4.78, 5) is 1.16. The Bertz CT molecular complexity index is 536. The maximum absolute atomic E-state index is 12.4. The molecule has 2 N–H and O–H groups in total. The summed E-state index contributed by atoms with van der Waals surface area (Å²) in [6.45, 7) is 6.34. The first-order valence-corrected chi connectivity index (χ1v) is 9.34. The van der Waals surface area contributed by atoms with Crippen LogP contribution in [0.4, 0.5) is 0 Å². The predicted molar refractivity (Wildman–Crippen MR) is 82.0 cm³/mol. The van der Waals surface area contributed by atoms with Crippen molar-refractivity contribution in [2.75, 3.05) is 26.4 Å². The van der Waals surface area contributed by atoms with Crippen LogP contribution in [0.1, 0.15) is 18.7 Å². The summed E-state index contributed by atoms with van der Waals surface area (Å²) in [7, 11) is -3.51. The third kappa shape index (κ3) is 5.01. The Labute approximate surface area is 129 Å². The molecule has 1 aromatic rings. The van der Waals surface area contributed by atoms with Crippen LogP contribution in [0, 0.1) is 0 Å². The highest BCUT2D eigenvalue weighted by molar-refractivity contribution is 7.89. The van der Waals surface area contributed by atoms with Crippen molar-refractivity contribution in [3.63, 3.8) is 0 Å². The van der Waals surface area contributed by atoms with E-state index in [-0.39, 0.29) is 12.6 Å². The molecule has 0 aromatic carbocycles. The highest BCUT2D eigenvalue weighted by atomic mass is 32.2.